The largest absolute Gasteiger partial charge is 0.396 e. The average molecular weight is 192 g/mol. The van der Waals surface area contributed by atoms with Gasteiger partial charge >= 0.3 is 0 Å². The zero-order chi connectivity index (χ0) is 9.50. The van der Waals surface area contributed by atoms with Crippen molar-refractivity contribution in [1.29, 1.82) is 0 Å². The summed E-state index contributed by atoms with van der Waals surface area (Å²) in [6.45, 7) is 0.107. The minimum Gasteiger partial charge on any atom is -0.396 e. The molecule has 0 spiro atoms. The number of hydrogen-bond donors (Lipinski definition) is 1. The molecule has 0 radical (unpaired) electrons. The van der Waals surface area contributed by atoms with Gasteiger partial charge in [-0.05, 0) is 18.3 Å². The molecule has 0 amide bonds. The van der Waals surface area contributed by atoms with E-state index in [0.29, 0.717) is 11.8 Å². The second-order valence-corrected chi connectivity index (χ2v) is 5.02. The van der Waals surface area contributed by atoms with Gasteiger partial charge in [0.2, 0.25) is 0 Å². The molecule has 3 nitrogen and oxygen atoms in total. The molecule has 3 fully saturated rings. The molecule has 1 N–H and O–H groups in total. The van der Waals surface area contributed by atoms with Gasteiger partial charge < -0.3 is 9.84 Å². The molecular formula is C11H12O3. The van der Waals surface area contributed by atoms with E-state index < -0.39 is 0 Å². The number of hydrogen-bond acceptors (Lipinski definition) is 3. The standard InChI is InChI=1S/C11H12O3/c12-4-11-6-2-1-5(3-6)7(11)8(13)9-10(11)14-9/h1-2,5-7,9-10,12H,3-4H2/t5-,6+,7+,9+,10+,11+/m0/s1. The van der Waals surface area contributed by atoms with Gasteiger partial charge in [0.05, 0.1) is 6.61 Å². The first kappa shape index (κ1) is 7.60. The Balaban J connectivity index is 1.91. The highest BCUT2D eigenvalue weighted by atomic mass is 16.6. The van der Waals surface area contributed by atoms with Crippen LogP contribution in [0.5, 0.6) is 0 Å². The molecule has 1 aliphatic heterocycles. The van der Waals surface area contributed by atoms with Crippen molar-refractivity contribution in [3.05, 3.63) is 12.2 Å². The third-order valence-corrected chi connectivity index (χ3v) is 4.70. The lowest BCUT2D eigenvalue weighted by Crippen LogP contribution is -2.41. The number of carbonyl (C=O) groups is 1. The van der Waals surface area contributed by atoms with E-state index in [2.05, 4.69) is 12.2 Å². The van der Waals surface area contributed by atoms with Gasteiger partial charge in [0.25, 0.3) is 0 Å². The Bertz CT molecular complexity index is 362. The summed E-state index contributed by atoms with van der Waals surface area (Å²) in [5, 5.41) is 9.60. The predicted molar refractivity (Wildman–Crippen MR) is 47.4 cm³/mol. The molecule has 0 aromatic carbocycles. The number of aliphatic hydroxyl groups is 1. The fraction of sp³-hybridized carbons (Fsp3) is 0.727. The van der Waals surface area contributed by atoms with Crippen molar-refractivity contribution in [2.45, 2.75) is 18.6 Å². The first-order chi connectivity index (χ1) is 6.79. The minimum absolute atomic E-state index is 0.0324. The van der Waals surface area contributed by atoms with Crippen molar-refractivity contribution in [3.8, 4) is 0 Å². The number of aliphatic hydroxyl groups excluding tert-OH is 1. The summed E-state index contributed by atoms with van der Waals surface area (Å²) in [6, 6.07) is 0. The molecule has 0 unspecified atom stereocenters. The van der Waals surface area contributed by atoms with Crippen molar-refractivity contribution >= 4 is 5.78 Å². The molecule has 0 aromatic heterocycles. The summed E-state index contributed by atoms with van der Waals surface area (Å²) in [5.74, 6) is 1.08. The summed E-state index contributed by atoms with van der Waals surface area (Å²) in [6.07, 6.45) is 5.24. The van der Waals surface area contributed by atoms with Gasteiger partial charge in [-0.2, -0.15) is 0 Å². The highest BCUT2D eigenvalue weighted by Crippen LogP contribution is 2.67. The van der Waals surface area contributed by atoms with Crippen LogP contribution in [0.4, 0.5) is 0 Å². The quantitative estimate of drug-likeness (QED) is 0.475. The van der Waals surface area contributed by atoms with Crippen LogP contribution in [-0.4, -0.2) is 29.7 Å². The van der Waals surface area contributed by atoms with Crippen molar-refractivity contribution in [1.82, 2.24) is 0 Å². The molecule has 4 aliphatic rings. The normalized spacial score (nSPS) is 61.8. The van der Waals surface area contributed by atoms with Crippen LogP contribution in [0.25, 0.3) is 0 Å². The third-order valence-electron chi connectivity index (χ3n) is 4.70. The molecule has 14 heavy (non-hydrogen) atoms. The van der Waals surface area contributed by atoms with E-state index in [1.165, 1.54) is 0 Å². The second-order valence-electron chi connectivity index (χ2n) is 5.02. The van der Waals surface area contributed by atoms with Crippen LogP contribution in [0, 0.1) is 23.2 Å². The SMILES string of the molecule is O=C1[C@H]2O[C@H]2[C@]2(CO)[C@@H]3C=C[C@@H](C3)[C@H]12. The van der Waals surface area contributed by atoms with Crippen molar-refractivity contribution in [3.63, 3.8) is 0 Å². The number of ether oxygens (including phenoxy) is 1. The zero-order valence-corrected chi connectivity index (χ0v) is 7.72. The van der Waals surface area contributed by atoms with Crippen LogP contribution in [0.2, 0.25) is 0 Å². The van der Waals surface area contributed by atoms with Crippen molar-refractivity contribution in [2.24, 2.45) is 23.2 Å². The predicted octanol–water partition coefficient (Wildman–Crippen LogP) is 0.137. The Labute approximate surface area is 81.7 Å². The number of rotatable bonds is 1. The van der Waals surface area contributed by atoms with Gasteiger partial charge in [-0.25, -0.2) is 0 Å². The van der Waals surface area contributed by atoms with E-state index in [9.17, 15) is 9.90 Å². The number of carbonyl (C=O) groups excluding carboxylic acids is 1. The molecule has 0 aromatic rings. The number of allylic oxidation sites excluding steroid dienone is 2. The first-order valence-corrected chi connectivity index (χ1v) is 5.27. The number of Topliss-reactive ketones (excluding diaryl/α,β-unsaturated/α-hetero) is 1. The minimum atomic E-state index is -0.235. The smallest absolute Gasteiger partial charge is 0.168 e. The zero-order valence-electron chi connectivity index (χ0n) is 7.72. The van der Waals surface area contributed by atoms with Crippen LogP contribution in [0.15, 0.2) is 12.2 Å². The maximum atomic E-state index is 11.9. The maximum absolute atomic E-state index is 11.9. The molecule has 3 aliphatic carbocycles. The Kier molecular flexibility index (Phi) is 1.07. The lowest BCUT2D eigenvalue weighted by molar-refractivity contribution is -0.129. The highest BCUT2D eigenvalue weighted by Gasteiger charge is 2.76. The van der Waals surface area contributed by atoms with E-state index in [1.807, 2.05) is 0 Å². The topological polar surface area (TPSA) is 49.8 Å². The van der Waals surface area contributed by atoms with Crippen LogP contribution in [-0.2, 0) is 9.53 Å². The lowest BCUT2D eigenvalue weighted by Gasteiger charge is -2.35. The van der Waals surface area contributed by atoms with Gasteiger partial charge in [-0.3, -0.25) is 4.79 Å². The van der Waals surface area contributed by atoms with Crippen LogP contribution in [0.1, 0.15) is 6.42 Å². The van der Waals surface area contributed by atoms with Gasteiger partial charge in [-0.1, -0.05) is 12.2 Å². The Hall–Kier alpha value is -0.670. The molecule has 74 valence electrons. The summed E-state index contributed by atoms with van der Waals surface area (Å²) in [4.78, 5) is 11.9. The Morgan fingerprint density at radius 2 is 2.43 bits per heavy atom. The molecular weight excluding hydrogens is 180 g/mol. The summed E-state index contributed by atoms with van der Waals surface area (Å²) in [7, 11) is 0. The second kappa shape index (κ2) is 1.97. The van der Waals surface area contributed by atoms with Crippen LogP contribution in [0.3, 0.4) is 0 Å². The Morgan fingerprint density at radius 1 is 1.57 bits per heavy atom. The monoisotopic (exact) mass is 192 g/mol. The fourth-order valence-corrected chi connectivity index (χ4v) is 4.09. The van der Waals surface area contributed by atoms with Crippen LogP contribution >= 0.6 is 0 Å². The van der Waals surface area contributed by atoms with E-state index in [0.717, 1.165) is 6.42 Å². The van der Waals surface area contributed by atoms with Gasteiger partial charge in [0, 0.05) is 11.3 Å². The highest BCUT2D eigenvalue weighted by molar-refractivity contribution is 5.94. The Morgan fingerprint density at radius 3 is 3.14 bits per heavy atom. The average Bonchev–Trinajstić information content (AvgIpc) is 2.65. The molecule has 2 saturated carbocycles. The fourth-order valence-electron chi connectivity index (χ4n) is 4.09. The van der Waals surface area contributed by atoms with E-state index >= 15 is 0 Å². The lowest BCUT2D eigenvalue weighted by atomic mass is 9.70. The van der Waals surface area contributed by atoms with E-state index in [-0.39, 0.29) is 35.9 Å². The number of epoxide rings is 1. The van der Waals surface area contributed by atoms with Gasteiger partial charge in [-0.15, -0.1) is 0 Å². The number of ketones is 1. The molecule has 4 rings (SSSR count). The van der Waals surface area contributed by atoms with E-state index in [4.69, 9.17) is 4.74 Å². The van der Waals surface area contributed by atoms with E-state index in [1.54, 1.807) is 0 Å². The summed E-state index contributed by atoms with van der Waals surface area (Å²) in [5.41, 5.74) is -0.235. The molecule has 2 bridgehead atoms. The van der Waals surface area contributed by atoms with Gasteiger partial charge in [0.1, 0.15) is 12.2 Å². The van der Waals surface area contributed by atoms with Crippen molar-refractivity contribution in [2.75, 3.05) is 6.61 Å². The van der Waals surface area contributed by atoms with Gasteiger partial charge in [0.15, 0.2) is 5.78 Å². The molecule has 3 heteroatoms. The molecule has 1 heterocycles. The summed E-state index contributed by atoms with van der Waals surface area (Å²) >= 11 is 0. The number of fused-ring (bicyclic) bond motifs is 7. The molecule has 6 atom stereocenters. The van der Waals surface area contributed by atoms with Crippen molar-refractivity contribution < 1.29 is 14.6 Å². The maximum Gasteiger partial charge on any atom is 0.168 e. The third kappa shape index (κ3) is 0.540. The van der Waals surface area contributed by atoms with Crippen LogP contribution < -0.4 is 0 Å². The first-order valence-electron chi connectivity index (χ1n) is 5.27. The molecule has 1 saturated heterocycles. The summed E-state index contributed by atoms with van der Waals surface area (Å²) < 4.78 is 5.38.